The molecule has 2 heterocycles. The van der Waals surface area contributed by atoms with Gasteiger partial charge in [0.2, 0.25) is 6.79 Å². The van der Waals surface area contributed by atoms with E-state index < -0.39 is 12.7 Å². The summed E-state index contributed by atoms with van der Waals surface area (Å²) in [7, 11) is 0. The molecule has 5 nitrogen and oxygen atoms in total. The molecule has 0 aliphatic carbocycles. The van der Waals surface area contributed by atoms with Crippen LogP contribution in [0.25, 0.3) is 0 Å². The second kappa shape index (κ2) is 6.27. The second-order valence-corrected chi connectivity index (χ2v) is 5.78. The first kappa shape index (κ1) is 15.9. The lowest BCUT2D eigenvalue weighted by atomic mass is 10.1. The quantitative estimate of drug-likeness (QED) is 0.918. The standard InChI is InChI=1S/C15H17F3N2O3/c16-15(17,18)8-20-4-3-10(7-20)6-19-14(21)11-1-2-12-13(5-11)23-9-22-12/h1-2,5,10H,3-4,6-9H2,(H,19,21)/t10-/m1/s1. The van der Waals surface area contributed by atoms with Crippen molar-refractivity contribution in [3.8, 4) is 11.5 Å². The Labute approximate surface area is 131 Å². The number of halogens is 3. The first-order chi connectivity index (χ1) is 10.9. The van der Waals surface area contributed by atoms with E-state index in [4.69, 9.17) is 9.47 Å². The SMILES string of the molecule is O=C(NC[C@H]1CCN(CC(F)(F)F)C1)c1ccc2c(c1)OCO2. The van der Waals surface area contributed by atoms with Crippen LogP contribution in [0.15, 0.2) is 18.2 Å². The summed E-state index contributed by atoms with van der Waals surface area (Å²) < 4.78 is 47.4. The summed E-state index contributed by atoms with van der Waals surface area (Å²) in [5.74, 6) is 0.892. The van der Waals surface area contributed by atoms with Gasteiger partial charge in [-0.1, -0.05) is 0 Å². The molecule has 1 amide bonds. The van der Waals surface area contributed by atoms with Gasteiger partial charge in [0, 0.05) is 18.7 Å². The number of benzene rings is 1. The molecule has 1 fully saturated rings. The van der Waals surface area contributed by atoms with Gasteiger partial charge in [-0.15, -0.1) is 0 Å². The minimum Gasteiger partial charge on any atom is -0.454 e. The summed E-state index contributed by atoms with van der Waals surface area (Å²) in [5.41, 5.74) is 0.444. The molecule has 1 aromatic carbocycles. The van der Waals surface area contributed by atoms with Crippen molar-refractivity contribution in [1.29, 1.82) is 0 Å². The maximum atomic E-state index is 12.3. The molecular formula is C15H17F3N2O3. The fraction of sp³-hybridized carbons (Fsp3) is 0.533. The number of nitrogens with zero attached hydrogens (tertiary/aromatic N) is 1. The Balaban J connectivity index is 1.48. The van der Waals surface area contributed by atoms with Crippen molar-refractivity contribution >= 4 is 5.91 Å². The molecule has 0 spiro atoms. The number of nitrogens with one attached hydrogen (secondary N) is 1. The summed E-state index contributed by atoms with van der Waals surface area (Å²) in [4.78, 5) is 13.5. The largest absolute Gasteiger partial charge is 0.454 e. The van der Waals surface area contributed by atoms with Gasteiger partial charge < -0.3 is 14.8 Å². The van der Waals surface area contributed by atoms with E-state index in [1.807, 2.05) is 0 Å². The second-order valence-electron chi connectivity index (χ2n) is 5.78. The minimum atomic E-state index is -4.18. The van der Waals surface area contributed by atoms with E-state index in [0.29, 0.717) is 43.1 Å². The number of carbonyl (C=O) groups excluding carboxylic acids is 1. The maximum Gasteiger partial charge on any atom is 0.401 e. The highest BCUT2D eigenvalue weighted by atomic mass is 19.4. The van der Waals surface area contributed by atoms with E-state index in [1.54, 1.807) is 18.2 Å². The molecule has 0 saturated carbocycles. The smallest absolute Gasteiger partial charge is 0.401 e. The highest BCUT2D eigenvalue weighted by Gasteiger charge is 2.34. The van der Waals surface area contributed by atoms with Crippen molar-refractivity contribution in [2.75, 3.05) is 33.0 Å². The van der Waals surface area contributed by atoms with Gasteiger partial charge in [-0.2, -0.15) is 13.2 Å². The summed E-state index contributed by atoms with van der Waals surface area (Å²) in [6, 6.07) is 4.90. The molecule has 0 aromatic heterocycles. The summed E-state index contributed by atoms with van der Waals surface area (Å²) in [5, 5.41) is 2.77. The van der Waals surface area contributed by atoms with Crippen LogP contribution >= 0.6 is 0 Å². The summed E-state index contributed by atoms with van der Waals surface area (Å²) in [6.07, 6.45) is -3.53. The molecule has 1 atom stereocenters. The molecule has 1 aromatic rings. The van der Waals surface area contributed by atoms with Crippen LogP contribution in [-0.4, -0.2) is 50.0 Å². The molecule has 0 radical (unpaired) electrons. The highest BCUT2D eigenvalue weighted by Crippen LogP contribution is 2.32. The molecule has 126 valence electrons. The van der Waals surface area contributed by atoms with Gasteiger partial charge in [0.15, 0.2) is 11.5 Å². The van der Waals surface area contributed by atoms with Crippen LogP contribution in [0.5, 0.6) is 11.5 Å². The van der Waals surface area contributed by atoms with Crippen molar-refractivity contribution < 1.29 is 27.4 Å². The molecular weight excluding hydrogens is 313 g/mol. The highest BCUT2D eigenvalue weighted by molar-refractivity contribution is 5.94. The van der Waals surface area contributed by atoms with Crippen LogP contribution in [0, 0.1) is 5.92 Å². The lowest BCUT2D eigenvalue weighted by Crippen LogP contribution is -2.34. The molecule has 3 rings (SSSR count). The Morgan fingerprint density at radius 2 is 2.09 bits per heavy atom. The van der Waals surface area contributed by atoms with E-state index in [1.165, 1.54) is 4.90 Å². The lowest BCUT2D eigenvalue weighted by Gasteiger charge is -2.18. The normalized spacial score (nSPS) is 20.7. The van der Waals surface area contributed by atoms with Gasteiger partial charge in [-0.05, 0) is 37.1 Å². The Bertz CT molecular complexity index is 592. The van der Waals surface area contributed by atoms with Gasteiger partial charge in [0.25, 0.3) is 5.91 Å². The molecule has 1 saturated heterocycles. The number of amides is 1. The van der Waals surface area contributed by atoms with Crippen molar-refractivity contribution in [2.45, 2.75) is 12.6 Å². The van der Waals surface area contributed by atoms with Crippen LogP contribution < -0.4 is 14.8 Å². The maximum absolute atomic E-state index is 12.3. The van der Waals surface area contributed by atoms with E-state index >= 15 is 0 Å². The number of fused-ring (bicyclic) bond motifs is 1. The van der Waals surface area contributed by atoms with Gasteiger partial charge >= 0.3 is 6.18 Å². The lowest BCUT2D eigenvalue weighted by molar-refractivity contribution is -0.143. The predicted molar refractivity (Wildman–Crippen MR) is 75.5 cm³/mol. The van der Waals surface area contributed by atoms with Crippen LogP contribution in [0.3, 0.4) is 0 Å². The number of ether oxygens (including phenoxy) is 2. The third kappa shape index (κ3) is 4.07. The molecule has 23 heavy (non-hydrogen) atoms. The van der Waals surface area contributed by atoms with Gasteiger partial charge in [-0.25, -0.2) is 0 Å². The van der Waals surface area contributed by atoms with Crippen LogP contribution in [0.2, 0.25) is 0 Å². The number of carbonyl (C=O) groups is 1. The third-order valence-electron chi connectivity index (χ3n) is 3.96. The monoisotopic (exact) mass is 330 g/mol. The minimum absolute atomic E-state index is 0.0373. The van der Waals surface area contributed by atoms with Crippen molar-refractivity contribution in [1.82, 2.24) is 10.2 Å². The molecule has 1 N–H and O–H groups in total. The zero-order valence-electron chi connectivity index (χ0n) is 12.4. The van der Waals surface area contributed by atoms with Crippen LogP contribution in [-0.2, 0) is 0 Å². The van der Waals surface area contributed by atoms with E-state index in [0.717, 1.165) is 0 Å². The third-order valence-corrected chi connectivity index (χ3v) is 3.96. The predicted octanol–water partition coefficient (Wildman–Crippen LogP) is 2.03. The Morgan fingerprint density at radius 3 is 2.87 bits per heavy atom. The first-order valence-corrected chi connectivity index (χ1v) is 7.38. The zero-order chi connectivity index (χ0) is 16.4. The topological polar surface area (TPSA) is 50.8 Å². The van der Waals surface area contributed by atoms with Crippen molar-refractivity contribution in [3.05, 3.63) is 23.8 Å². The van der Waals surface area contributed by atoms with E-state index in [2.05, 4.69) is 5.32 Å². The number of alkyl halides is 3. The number of hydrogen-bond donors (Lipinski definition) is 1. The number of rotatable bonds is 4. The number of hydrogen-bond acceptors (Lipinski definition) is 4. The van der Waals surface area contributed by atoms with Crippen molar-refractivity contribution in [3.63, 3.8) is 0 Å². The van der Waals surface area contributed by atoms with Gasteiger partial charge in [0.1, 0.15) is 0 Å². The van der Waals surface area contributed by atoms with E-state index in [-0.39, 0.29) is 18.6 Å². The zero-order valence-corrected chi connectivity index (χ0v) is 12.4. The van der Waals surface area contributed by atoms with Gasteiger partial charge in [-0.3, -0.25) is 9.69 Å². The fourth-order valence-corrected chi connectivity index (χ4v) is 2.85. The Kier molecular flexibility index (Phi) is 4.34. The number of likely N-dealkylation sites (tertiary alicyclic amines) is 1. The average Bonchev–Trinajstić information content (AvgIpc) is 3.11. The fourth-order valence-electron chi connectivity index (χ4n) is 2.85. The molecule has 2 aliphatic rings. The average molecular weight is 330 g/mol. The van der Waals surface area contributed by atoms with Crippen LogP contribution in [0.1, 0.15) is 16.8 Å². The Morgan fingerprint density at radius 1 is 1.30 bits per heavy atom. The summed E-state index contributed by atoms with van der Waals surface area (Å²) >= 11 is 0. The first-order valence-electron chi connectivity index (χ1n) is 7.38. The van der Waals surface area contributed by atoms with E-state index in [9.17, 15) is 18.0 Å². The molecule has 8 heteroatoms. The Hall–Kier alpha value is -1.96. The van der Waals surface area contributed by atoms with Crippen LogP contribution in [0.4, 0.5) is 13.2 Å². The summed E-state index contributed by atoms with van der Waals surface area (Å²) in [6.45, 7) is 0.365. The molecule has 0 bridgehead atoms. The van der Waals surface area contributed by atoms with Crippen molar-refractivity contribution in [2.24, 2.45) is 5.92 Å². The molecule has 2 aliphatic heterocycles. The molecule has 0 unspecified atom stereocenters. The van der Waals surface area contributed by atoms with Gasteiger partial charge in [0.05, 0.1) is 6.54 Å².